The molecule has 0 amide bonds. The van der Waals surface area contributed by atoms with Gasteiger partial charge < -0.3 is 10.6 Å². The van der Waals surface area contributed by atoms with E-state index in [1.807, 2.05) is 49.1 Å². The molecule has 0 atom stereocenters. The standard InChI is InChI=1S/C18H18N4/c1-2-18(22-14-16-7-11-20-12-8-16)4-3-17(1)21-13-15-5-9-19-10-6-15/h1-12,21-22H,13-14H2. The van der Waals surface area contributed by atoms with Crippen LogP contribution >= 0.6 is 0 Å². The van der Waals surface area contributed by atoms with Gasteiger partial charge in [-0.2, -0.15) is 0 Å². The maximum Gasteiger partial charge on any atom is 0.0401 e. The fourth-order valence-corrected chi connectivity index (χ4v) is 2.12. The van der Waals surface area contributed by atoms with E-state index in [9.17, 15) is 0 Å². The van der Waals surface area contributed by atoms with Crippen LogP contribution in [0.3, 0.4) is 0 Å². The Bertz CT molecular complexity index is 619. The van der Waals surface area contributed by atoms with E-state index in [1.165, 1.54) is 11.1 Å². The summed E-state index contributed by atoms with van der Waals surface area (Å²) in [7, 11) is 0. The van der Waals surface area contributed by atoms with E-state index in [-0.39, 0.29) is 0 Å². The summed E-state index contributed by atoms with van der Waals surface area (Å²) in [5.41, 5.74) is 4.64. The van der Waals surface area contributed by atoms with Gasteiger partial charge in [-0.15, -0.1) is 0 Å². The molecular formula is C18H18N4. The summed E-state index contributed by atoms with van der Waals surface area (Å²) in [6, 6.07) is 16.4. The summed E-state index contributed by atoms with van der Waals surface area (Å²) >= 11 is 0. The van der Waals surface area contributed by atoms with Gasteiger partial charge in [0.2, 0.25) is 0 Å². The summed E-state index contributed by atoms with van der Waals surface area (Å²) in [6.45, 7) is 1.60. The van der Waals surface area contributed by atoms with Crippen molar-refractivity contribution < 1.29 is 0 Å². The Morgan fingerprint density at radius 3 is 1.27 bits per heavy atom. The molecule has 1 aromatic carbocycles. The number of anilines is 2. The highest BCUT2D eigenvalue weighted by atomic mass is 14.9. The van der Waals surface area contributed by atoms with Crippen LogP contribution in [0.25, 0.3) is 0 Å². The molecule has 0 bridgehead atoms. The second-order valence-electron chi connectivity index (χ2n) is 5.00. The average Bonchev–Trinajstić information content (AvgIpc) is 2.61. The van der Waals surface area contributed by atoms with E-state index >= 15 is 0 Å². The van der Waals surface area contributed by atoms with Crippen LogP contribution in [-0.4, -0.2) is 9.97 Å². The molecule has 0 spiro atoms. The van der Waals surface area contributed by atoms with E-state index < -0.39 is 0 Å². The highest BCUT2D eigenvalue weighted by Crippen LogP contribution is 2.15. The average molecular weight is 290 g/mol. The summed E-state index contributed by atoms with van der Waals surface area (Å²) in [4.78, 5) is 8.03. The Kier molecular flexibility index (Phi) is 4.62. The van der Waals surface area contributed by atoms with Crippen LogP contribution in [0.1, 0.15) is 11.1 Å². The Labute approximate surface area is 130 Å². The zero-order valence-electron chi connectivity index (χ0n) is 12.2. The van der Waals surface area contributed by atoms with Crippen molar-refractivity contribution in [3.8, 4) is 0 Å². The van der Waals surface area contributed by atoms with Crippen molar-refractivity contribution in [2.24, 2.45) is 0 Å². The Hall–Kier alpha value is -2.88. The quantitative estimate of drug-likeness (QED) is 0.727. The van der Waals surface area contributed by atoms with Crippen LogP contribution in [0, 0.1) is 0 Å². The molecule has 4 nitrogen and oxygen atoms in total. The van der Waals surface area contributed by atoms with E-state index in [4.69, 9.17) is 0 Å². The number of pyridine rings is 2. The molecule has 0 aliphatic rings. The maximum absolute atomic E-state index is 4.02. The molecular weight excluding hydrogens is 272 g/mol. The molecule has 0 unspecified atom stereocenters. The summed E-state index contributed by atoms with van der Waals surface area (Å²) in [6.07, 6.45) is 7.23. The van der Waals surface area contributed by atoms with E-state index in [1.54, 1.807) is 0 Å². The smallest absolute Gasteiger partial charge is 0.0401 e. The molecule has 110 valence electrons. The van der Waals surface area contributed by atoms with Gasteiger partial charge in [0.15, 0.2) is 0 Å². The zero-order valence-corrected chi connectivity index (χ0v) is 12.2. The van der Waals surface area contributed by atoms with Gasteiger partial charge in [-0.1, -0.05) is 0 Å². The Balaban J connectivity index is 1.52. The lowest BCUT2D eigenvalue weighted by Crippen LogP contribution is -2.01. The summed E-state index contributed by atoms with van der Waals surface area (Å²) in [5.74, 6) is 0. The Morgan fingerprint density at radius 1 is 0.545 bits per heavy atom. The van der Waals surface area contributed by atoms with Crippen molar-refractivity contribution in [1.82, 2.24) is 9.97 Å². The van der Waals surface area contributed by atoms with Crippen LogP contribution < -0.4 is 10.6 Å². The molecule has 3 aromatic rings. The van der Waals surface area contributed by atoms with Gasteiger partial charge in [-0.25, -0.2) is 0 Å². The third kappa shape index (κ3) is 4.06. The minimum absolute atomic E-state index is 0.798. The minimum atomic E-state index is 0.798. The molecule has 3 rings (SSSR count). The van der Waals surface area contributed by atoms with Gasteiger partial charge in [0.05, 0.1) is 0 Å². The molecule has 2 aromatic heterocycles. The van der Waals surface area contributed by atoms with Crippen molar-refractivity contribution in [3.05, 3.63) is 84.4 Å². The van der Waals surface area contributed by atoms with Gasteiger partial charge in [0, 0.05) is 49.3 Å². The topological polar surface area (TPSA) is 49.8 Å². The minimum Gasteiger partial charge on any atom is -0.381 e. The first-order valence-electron chi connectivity index (χ1n) is 7.26. The lowest BCUT2D eigenvalue weighted by Gasteiger charge is -2.09. The number of rotatable bonds is 6. The molecule has 0 aliphatic heterocycles. The van der Waals surface area contributed by atoms with Crippen LogP contribution in [0.5, 0.6) is 0 Å². The largest absolute Gasteiger partial charge is 0.381 e. The number of nitrogens with one attached hydrogen (secondary N) is 2. The molecule has 0 radical (unpaired) electrons. The highest BCUT2D eigenvalue weighted by Gasteiger charge is 1.96. The summed E-state index contributed by atoms with van der Waals surface area (Å²) < 4.78 is 0. The van der Waals surface area contributed by atoms with Crippen molar-refractivity contribution in [1.29, 1.82) is 0 Å². The van der Waals surface area contributed by atoms with Crippen molar-refractivity contribution in [3.63, 3.8) is 0 Å². The second-order valence-corrected chi connectivity index (χ2v) is 5.00. The highest BCUT2D eigenvalue weighted by molar-refractivity contribution is 5.53. The van der Waals surface area contributed by atoms with Gasteiger partial charge in [0.25, 0.3) is 0 Å². The second kappa shape index (κ2) is 7.22. The van der Waals surface area contributed by atoms with Crippen LogP contribution in [0.2, 0.25) is 0 Å². The van der Waals surface area contributed by atoms with Crippen molar-refractivity contribution in [2.75, 3.05) is 10.6 Å². The molecule has 2 N–H and O–H groups in total. The first-order chi connectivity index (χ1) is 10.9. The van der Waals surface area contributed by atoms with E-state index in [0.717, 1.165) is 24.5 Å². The predicted molar refractivity (Wildman–Crippen MR) is 89.6 cm³/mol. The SMILES string of the molecule is c1cc(CNc2ccc(NCc3ccncc3)cc2)ccn1. The fraction of sp³-hybridized carbons (Fsp3) is 0.111. The molecule has 2 heterocycles. The van der Waals surface area contributed by atoms with Gasteiger partial charge >= 0.3 is 0 Å². The van der Waals surface area contributed by atoms with Crippen molar-refractivity contribution >= 4 is 11.4 Å². The summed E-state index contributed by atoms with van der Waals surface area (Å²) in [5, 5.41) is 6.80. The molecule has 4 heteroatoms. The lowest BCUT2D eigenvalue weighted by molar-refractivity contribution is 1.12. The lowest BCUT2D eigenvalue weighted by atomic mass is 10.2. The first-order valence-corrected chi connectivity index (χ1v) is 7.26. The number of hydrogen-bond donors (Lipinski definition) is 2. The first kappa shape index (κ1) is 14.1. The van der Waals surface area contributed by atoms with E-state index in [0.29, 0.717) is 0 Å². The zero-order chi connectivity index (χ0) is 15.0. The number of hydrogen-bond acceptors (Lipinski definition) is 4. The molecule has 0 aliphatic carbocycles. The van der Waals surface area contributed by atoms with E-state index in [2.05, 4.69) is 44.9 Å². The third-order valence-corrected chi connectivity index (χ3v) is 3.38. The van der Waals surface area contributed by atoms with Gasteiger partial charge in [-0.3, -0.25) is 9.97 Å². The third-order valence-electron chi connectivity index (χ3n) is 3.38. The van der Waals surface area contributed by atoms with Crippen LogP contribution in [0.4, 0.5) is 11.4 Å². The van der Waals surface area contributed by atoms with Crippen molar-refractivity contribution in [2.45, 2.75) is 13.1 Å². The number of benzene rings is 1. The molecule has 0 saturated heterocycles. The molecule has 0 fully saturated rings. The van der Waals surface area contributed by atoms with Crippen LogP contribution in [0.15, 0.2) is 73.3 Å². The predicted octanol–water partition coefficient (Wildman–Crippen LogP) is 3.70. The maximum atomic E-state index is 4.02. The van der Waals surface area contributed by atoms with Gasteiger partial charge in [-0.05, 0) is 59.7 Å². The van der Waals surface area contributed by atoms with Crippen LogP contribution in [-0.2, 0) is 13.1 Å². The monoisotopic (exact) mass is 290 g/mol. The molecule has 22 heavy (non-hydrogen) atoms. The fourth-order valence-electron chi connectivity index (χ4n) is 2.12. The Morgan fingerprint density at radius 2 is 0.909 bits per heavy atom. The normalized spacial score (nSPS) is 10.2. The number of nitrogens with zero attached hydrogens (tertiary/aromatic N) is 2. The molecule has 0 saturated carbocycles. The number of aromatic nitrogens is 2. The van der Waals surface area contributed by atoms with Gasteiger partial charge in [0.1, 0.15) is 0 Å².